The van der Waals surface area contributed by atoms with Gasteiger partial charge in [-0.05, 0) is 49.9 Å². The van der Waals surface area contributed by atoms with Gasteiger partial charge in [0.25, 0.3) is 0 Å². The van der Waals surface area contributed by atoms with Gasteiger partial charge in [0.1, 0.15) is 18.4 Å². The third-order valence-electron chi connectivity index (χ3n) is 6.27. The number of carbonyl (C=O) groups is 2. The summed E-state index contributed by atoms with van der Waals surface area (Å²) >= 11 is 0. The Bertz CT molecular complexity index is 1130. The molecule has 34 heavy (non-hydrogen) atoms. The van der Waals surface area contributed by atoms with Gasteiger partial charge in [0.2, 0.25) is 21.8 Å². The summed E-state index contributed by atoms with van der Waals surface area (Å²) in [5.74, 6) is -1.63. The molecule has 0 radical (unpaired) electrons. The lowest BCUT2D eigenvalue weighted by atomic mass is 10.1. The average molecular weight is 490 g/mol. The number of sulfonamides is 1. The van der Waals surface area contributed by atoms with Gasteiger partial charge < -0.3 is 10.2 Å². The number of nitrogens with zero attached hydrogens (tertiary/aromatic N) is 2. The Morgan fingerprint density at radius 3 is 2.32 bits per heavy atom. The Morgan fingerprint density at radius 2 is 1.71 bits per heavy atom. The number of aryl methyl sites for hydroxylation is 1. The van der Waals surface area contributed by atoms with E-state index in [0.29, 0.717) is 0 Å². The first-order valence-electron chi connectivity index (χ1n) is 11.4. The standard InChI is InChI=1S/C25H32FN3O4S/c1-18-10-4-5-11-20(18)16-28(19(2)25(31)27-21-12-6-7-13-21)24(30)17-29(34(3,32)33)23-15-9-8-14-22(23)26/h4-5,8-11,14-15,19,21H,6-7,12-13,16-17H2,1-3H3,(H,27,31)/t19-/m1/s1. The molecule has 0 unspecified atom stereocenters. The third-order valence-corrected chi connectivity index (χ3v) is 7.40. The molecular weight excluding hydrogens is 457 g/mol. The molecule has 0 heterocycles. The van der Waals surface area contributed by atoms with E-state index in [9.17, 15) is 22.4 Å². The number of hydrogen-bond donors (Lipinski definition) is 1. The molecule has 0 saturated heterocycles. The first kappa shape index (κ1) is 25.7. The van der Waals surface area contributed by atoms with E-state index in [0.717, 1.165) is 53.4 Å². The molecule has 1 aliphatic rings. The van der Waals surface area contributed by atoms with Crippen LogP contribution >= 0.6 is 0 Å². The lowest BCUT2D eigenvalue weighted by molar-refractivity contribution is -0.139. The fourth-order valence-electron chi connectivity index (χ4n) is 4.19. The Morgan fingerprint density at radius 1 is 1.09 bits per heavy atom. The minimum atomic E-state index is -3.97. The zero-order valence-corrected chi connectivity index (χ0v) is 20.6. The van der Waals surface area contributed by atoms with Crippen LogP contribution in [0, 0.1) is 12.7 Å². The maximum Gasteiger partial charge on any atom is 0.244 e. The zero-order valence-electron chi connectivity index (χ0n) is 19.8. The lowest BCUT2D eigenvalue weighted by Gasteiger charge is -2.32. The van der Waals surface area contributed by atoms with E-state index >= 15 is 0 Å². The second-order valence-electron chi connectivity index (χ2n) is 8.84. The van der Waals surface area contributed by atoms with Gasteiger partial charge in [-0.2, -0.15) is 0 Å². The lowest BCUT2D eigenvalue weighted by Crippen LogP contribution is -2.52. The molecule has 1 aliphatic carbocycles. The van der Waals surface area contributed by atoms with Crippen molar-refractivity contribution >= 4 is 27.5 Å². The molecule has 9 heteroatoms. The fraction of sp³-hybridized carbons (Fsp3) is 0.440. The summed E-state index contributed by atoms with van der Waals surface area (Å²) in [6.07, 6.45) is 4.83. The fourth-order valence-corrected chi connectivity index (χ4v) is 5.04. The molecule has 1 N–H and O–H groups in total. The van der Waals surface area contributed by atoms with E-state index in [4.69, 9.17) is 0 Å². The molecule has 0 spiro atoms. The summed E-state index contributed by atoms with van der Waals surface area (Å²) in [5, 5.41) is 3.01. The van der Waals surface area contributed by atoms with Crippen molar-refractivity contribution in [3.8, 4) is 0 Å². The van der Waals surface area contributed by atoms with Crippen LogP contribution in [0.5, 0.6) is 0 Å². The van der Waals surface area contributed by atoms with Gasteiger partial charge in [0.05, 0.1) is 11.9 Å². The number of benzene rings is 2. The number of rotatable bonds is 9. The number of nitrogens with one attached hydrogen (secondary N) is 1. The van der Waals surface area contributed by atoms with Crippen molar-refractivity contribution in [2.24, 2.45) is 0 Å². The van der Waals surface area contributed by atoms with Crippen LogP contribution in [0.15, 0.2) is 48.5 Å². The molecule has 184 valence electrons. The summed E-state index contributed by atoms with van der Waals surface area (Å²) in [6, 6.07) is 12.1. The quantitative estimate of drug-likeness (QED) is 0.585. The van der Waals surface area contributed by atoms with E-state index in [1.165, 1.54) is 23.1 Å². The normalized spacial score (nSPS) is 15.1. The molecule has 1 atom stereocenters. The molecule has 0 aromatic heterocycles. The second kappa shape index (κ2) is 11.0. The highest BCUT2D eigenvalue weighted by atomic mass is 32.2. The van der Waals surface area contributed by atoms with Crippen molar-refractivity contribution in [2.45, 2.75) is 58.2 Å². The Hall–Kier alpha value is -2.94. The summed E-state index contributed by atoms with van der Waals surface area (Å²) in [5.41, 5.74) is 1.57. The minimum absolute atomic E-state index is 0.0799. The van der Waals surface area contributed by atoms with Gasteiger partial charge in [-0.15, -0.1) is 0 Å². The van der Waals surface area contributed by atoms with E-state index in [1.54, 1.807) is 6.92 Å². The van der Waals surface area contributed by atoms with E-state index in [2.05, 4.69) is 5.32 Å². The van der Waals surface area contributed by atoms with Crippen LogP contribution in [-0.4, -0.2) is 50.0 Å². The largest absolute Gasteiger partial charge is 0.352 e. The molecule has 1 fully saturated rings. The van der Waals surface area contributed by atoms with Crippen molar-refractivity contribution < 1.29 is 22.4 Å². The highest BCUT2D eigenvalue weighted by Gasteiger charge is 2.32. The molecule has 7 nitrogen and oxygen atoms in total. The Kier molecular flexibility index (Phi) is 8.30. The minimum Gasteiger partial charge on any atom is -0.352 e. The number of para-hydroxylation sites is 1. The average Bonchev–Trinajstić information content (AvgIpc) is 3.29. The summed E-state index contributed by atoms with van der Waals surface area (Å²) in [7, 11) is -3.97. The third kappa shape index (κ3) is 6.34. The topological polar surface area (TPSA) is 86.8 Å². The predicted molar refractivity (Wildman–Crippen MR) is 130 cm³/mol. The molecular formula is C25H32FN3O4S. The van der Waals surface area contributed by atoms with Crippen LogP contribution in [0.25, 0.3) is 0 Å². The number of carbonyl (C=O) groups excluding carboxylic acids is 2. The van der Waals surface area contributed by atoms with Gasteiger partial charge in [-0.3, -0.25) is 13.9 Å². The van der Waals surface area contributed by atoms with Crippen molar-refractivity contribution in [1.82, 2.24) is 10.2 Å². The van der Waals surface area contributed by atoms with Crippen LogP contribution < -0.4 is 9.62 Å². The van der Waals surface area contributed by atoms with Crippen molar-refractivity contribution in [3.63, 3.8) is 0 Å². The number of anilines is 1. The van der Waals surface area contributed by atoms with Gasteiger partial charge in [-0.25, -0.2) is 12.8 Å². The van der Waals surface area contributed by atoms with Crippen LogP contribution in [0.4, 0.5) is 10.1 Å². The Balaban J connectivity index is 1.90. The SMILES string of the molecule is Cc1ccccc1CN(C(=O)CN(c1ccccc1F)S(C)(=O)=O)[C@H](C)C(=O)NC1CCCC1. The first-order valence-corrected chi connectivity index (χ1v) is 13.3. The molecule has 0 aliphatic heterocycles. The van der Waals surface area contributed by atoms with E-state index in [1.807, 2.05) is 31.2 Å². The molecule has 2 amide bonds. The number of amides is 2. The Labute approximate surface area is 201 Å². The molecule has 1 saturated carbocycles. The zero-order chi connectivity index (χ0) is 24.9. The van der Waals surface area contributed by atoms with Crippen LogP contribution in [-0.2, 0) is 26.2 Å². The number of hydrogen-bond acceptors (Lipinski definition) is 4. The summed E-state index contributed by atoms with van der Waals surface area (Å²) in [6.45, 7) is 3.05. The molecule has 2 aromatic carbocycles. The molecule has 2 aromatic rings. The van der Waals surface area contributed by atoms with Gasteiger partial charge in [0.15, 0.2) is 0 Å². The van der Waals surface area contributed by atoms with Gasteiger partial charge in [0, 0.05) is 12.6 Å². The maximum absolute atomic E-state index is 14.4. The van der Waals surface area contributed by atoms with Crippen LogP contribution in [0.3, 0.4) is 0 Å². The van der Waals surface area contributed by atoms with Crippen molar-refractivity contribution in [3.05, 3.63) is 65.5 Å². The van der Waals surface area contributed by atoms with Crippen LogP contribution in [0.2, 0.25) is 0 Å². The van der Waals surface area contributed by atoms with E-state index < -0.39 is 34.3 Å². The monoisotopic (exact) mass is 489 g/mol. The number of halogens is 1. The second-order valence-corrected chi connectivity index (χ2v) is 10.7. The van der Waals surface area contributed by atoms with Gasteiger partial charge >= 0.3 is 0 Å². The maximum atomic E-state index is 14.4. The molecule has 0 bridgehead atoms. The summed E-state index contributed by atoms with van der Waals surface area (Å²) < 4.78 is 40.2. The van der Waals surface area contributed by atoms with Crippen LogP contribution in [0.1, 0.15) is 43.7 Å². The van der Waals surface area contributed by atoms with Gasteiger partial charge in [-0.1, -0.05) is 49.2 Å². The highest BCUT2D eigenvalue weighted by Crippen LogP contribution is 2.23. The highest BCUT2D eigenvalue weighted by molar-refractivity contribution is 7.92. The van der Waals surface area contributed by atoms with Crippen molar-refractivity contribution in [1.29, 1.82) is 0 Å². The van der Waals surface area contributed by atoms with Crippen molar-refractivity contribution in [2.75, 3.05) is 17.1 Å². The smallest absolute Gasteiger partial charge is 0.244 e. The van der Waals surface area contributed by atoms with E-state index in [-0.39, 0.29) is 24.2 Å². The summed E-state index contributed by atoms with van der Waals surface area (Å²) in [4.78, 5) is 27.9. The predicted octanol–water partition coefficient (Wildman–Crippen LogP) is 3.38. The molecule has 3 rings (SSSR count). The first-order chi connectivity index (χ1) is 16.1.